The topological polar surface area (TPSA) is 32.5 Å². The van der Waals surface area contributed by atoms with Gasteiger partial charge in [-0.2, -0.15) is 0 Å². The first-order valence-corrected chi connectivity index (χ1v) is 8.97. The third kappa shape index (κ3) is 3.80. The molecule has 3 unspecified atom stereocenters. The average Bonchev–Trinajstić information content (AvgIpc) is 2.83. The summed E-state index contributed by atoms with van der Waals surface area (Å²) in [5.41, 5.74) is 6.94. The van der Waals surface area contributed by atoms with E-state index in [9.17, 15) is 0 Å². The Kier molecular flexibility index (Phi) is 5.38. The predicted molar refractivity (Wildman–Crippen MR) is 91.5 cm³/mol. The number of nitrogens with two attached hydrogens (primary N) is 1. The first kappa shape index (κ1) is 17.2. The zero-order chi connectivity index (χ0) is 15.7. The molecule has 1 saturated carbocycles. The van der Waals surface area contributed by atoms with Gasteiger partial charge in [-0.25, -0.2) is 0 Å². The SMILES string of the molecule is CCN1CCCC1CN(C)C1(CN)CC(C)CC(C)(C)C1. The molecule has 2 fully saturated rings. The van der Waals surface area contributed by atoms with Crippen molar-refractivity contribution in [3.05, 3.63) is 0 Å². The Morgan fingerprint density at radius 1 is 1.29 bits per heavy atom. The summed E-state index contributed by atoms with van der Waals surface area (Å²) in [7, 11) is 2.33. The van der Waals surface area contributed by atoms with Crippen molar-refractivity contribution in [3.63, 3.8) is 0 Å². The summed E-state index contributed by atoms with van der Waals surface area (Å²) in [6, 6.07) is 0.740. The normalized spacial score (nSPS) is 37.3. The van der Waals surface area contributed by atoms with Gasteiger partial charge in [-0.15, -0.1) is 0 Å². The molecule has 2 aliphatic rings. The highest BCUT2D eigenvalue weighted by molar-refractivity contribution is 5.01. The second-order valence-corrected chi connectivity index (χ2v) is 8.59. The van der Waals surface area contributed by atoms with Crippen molar-refractivity contribution in [1.29, 1.82) is 0 Å². The lowest BCUT2D eigenvalue weighted by atomic mass is 9.63. The molecule has 1 saturated heterocycles. The maximum atomic E-state index is 6.31. The molecule has 124 valence electrons. The van der Waals surface area contributed by atoms with Gasteiger partial charge in [-0.05, 0) is 63.6 Å². The Morgan fingerprint density at radius 3 is 2.57 bits per heavy atom. The van der Waals surface area contributed by atoms with Crippen molar-refractivity contribution in [1.82, 2.24) is 9.80 Å². The van der Waals surface area contributed by atoms with Gasteiger partial charge in [0, 0.05) is 24.7 Å². The van der Waals surface area contributed by atoms with Crippen LogP contribution in [0.25, 0.3) is 0 Å². The summed E-state index contributed by atoms with van der Waals surface area (Å²) < 4.78 is 0. The standard InChI is InChI=1S/C18H37N3/c1-6-21-9-7-8-16(21)12-20(5)18(14-19)11-15(2)10-17(3,4)13-18/h15-16H,6-14,19H2,1-5H3. The van der Waals surface area contributed by atoms with Crippen LogP contribution in [0, 0.1) is 11.3 Å². The first-order valence-electron chi connectivity index (χ1n) is 8.97. The Labute approximate surface area is 132 Å². The van der Waals surface area contributed by atoms with Crippen LogP contribution in [0.1, 0.15) is 59.8 Å². The summed E-state index contributed by atoms with van der Waals surface area (Å²) in [6.07, 6.45) is 6.58. The first-order chi connectivity index (χ1) is 9.82. The highest BCUT2D eigenvalue weighted by Crippen LogP contribution is 2.46. The van der Waals surface area contributed by atoms with E-state index in [2.05, 4.69) is 44.5 Å². The quantitative estimate of drug-likeness (QED) is 0.846. The molecule has 1 aliphatic heterocycles. The summed E-state index contributed by atoms with van der Waals surface area (Å²) in [4.78, 5) is 5.28. The molecular formula is C18H37N3. The number of hydrogen-bond acceptors (Lipinski definition) is 3. The van der Waals surface area contributed by atoms with Crippen LogP contribution in [-0.4, -0.2) is 54.6 Å². The van der Waals surface area contributed by atoms with E-state index >= 15 is 0 Å². The zero-order valence-electron chi connectivity index (χ0n) is 15.0. The van der Waals surface area contributed by atoms with Gasteiger partial charge in [0.15, 0.2) is 0 Å². The van der Waals surface area contributed by atoms with Crippen LogP contribution < -0.4 is 5.73 Å². The molecule has 0 aromatic carbocycles. The Morgan fingerprint density at radius 2 is 2.00 bits per heavy atom. The second-order valence-electron chi connectivity index (χ2n) is 8.59. The molecule has 0 radical (unpaired) electrons. The van der Waals surface area contributed by atoms with Crippen LogP contribution in [0.4, 0.5) is 0 Å². The highest BCUT2D eigenvalue weighted by Gasteiger charge is 2.45. The molecule has 0 aromatic rings. The molecule has 1 heterocycles. The van der Waals surface area contributed by atoms with E-state index in [1.165, 1.54) is 51.7 Å². The average molecular weight is 296 g/mol. The number of hydrogen-bond donors (Lipinski definition) is 1. The monoisotopic (exact) mass is 295 g/mol. The largest absolute Gasteiger partial charge is 0.329 e. The zero-order valence-corrected chi connectivity index (χ0v) is 15.0. The number of nitrogens with zero attached hydrogens (tertiary/aromatic N) is 2. The molecule has 0 spiro atoms. The van der Waals surface area contributed by atoms with Crippen LogP contribution in [0.3, 0.4) is 0 Å². The lowest BCUT2D eigenvalue weighted by Gasteiger charge is -2.52. The van der Waals surface area contributed by atoms with Gasteiger partial charge >= 0.3 is 0 Å². The van der Waals surface area contributed by atoms with E-state index in [1.807, 2.05) is 0 Å². The van der Waals surface area contributed by atoms with Crippen molar-refractivity contribution < 1.29 is 0 Å². The number of rotatable bonds is 5. The fraction of sp³-hybridized carbons (Fsp3) is 1.00. The van der Waals surface area contributed by atoms with E-state index in [0.717, 1.165) is 18.5 Å². The molecule has 3 heteroatoms. The van der Waals surface area contributed by atoms with Gasteiger partial charge in [-0.3, -0.25) is 9.80 Å². The minimum atomic E-state index is 0.211. The summed E-state index contributed by atoms with van der Waals surface area (Å²) in [5.74, 6) is 0.783. The lowest BCUT2D eigenvalue weighted by Crippen LogP contribution is -2.59. The van der Waals surface area contributed by atoms with Gasteiger partial charge in [0.05, 0.1) is 0 Å². The third-order valence-corrected chi connectivity index (χ3v) is 6.02. The molecule has 1 aliphatic carbocycles. The molecule has 3 nitrogen and oxygen atoms in total. The van der Waals surface area contributed by atoms with E-state index in [1.54, 1.807) is 0 Å². The van der Waals surface area contributed by atoms with E-state index in [4.69, 9.17) is 5.73 Å². The number of likely N-dealkylation sites (tertiary alicyclic amines) is 1. The Balaban J connectivity index is 2.08. The molecule has 3 atom stereocenters. The van der Waals surface area contributed by atoms with Gasteiger partial charge in [-0.1, -0.05) is 27.7 Å². The van der Waals surface area contributed by atoms with Gasteiger partial charge in [0.2, 0.25) is 0 Å². The van der Waals surface area contributed by atoms with E-state index in [0.29, 0.717) is 5.41 Å². The minimum Gasteiger partial charge on any atom is -0.329 e. The van der Waals surface area contributed by atoms with Crippen LogP contribution in [0.5, 0.6) is 0 Å². The summed E-state index contributed by atoms with van der Waals surface area (Å²) in [5, 5.41) is 0. The van der Waals surface area contributed by atoms with Crippen molar-refractivity contribution in [2.45, 2.75) is 71.4 Å². The molecule has 0 bridgehead atoms. The fourth-order valence-electron chi connectivity index (χ4n) is 5.33. The molecule has 0 amide bonds. The smallest absolute Gasteiger partial charge is 0.0336 e. The van der Waals surface area contributed by atoms with Gasteiger partial charge in [0.25, 0.3) is 0 Å². The maximum Gasteiger partial charge on any atom is 0.0336 e. The molecule has 2 rings (SSSR count). The van der Waals surface area contributed by atoms with Crippen LogP contribution in [0.2, 0.25) is 0 Å². The van der Waals surface area contributed by atoms with Crippen molar-refractivity contribution in [2.24, 2.45) is 17.1 Å². The summed E-state index contributed by atoms with van der Waals surface area (Å²) in [6.45, 7) is 14.0. The summed E-state index contributed by atoms with van der Waals surface area (Å²) >= 11 is 0. The van der Waals surface area contributed by atoms with Crippen LogP contribution in [0.15, 0.2) is 0 Å². The van der Waals surface area contributed by atoms with Crippen LogP contribution >= 0.6 is 0 Å². The Bertz CT molecular complexity index is 341. The third-order valence-electron chi connectivity index (χ3n) is 6.02. The van der Waals surface area contributed by atoms with E-state index < -0.39 is 0 Å². The van der Waals surface area contributed by atoms with E-state index in [-0.39, 0.29) is 5.54 Å². The lowest BCUT2D eigenvalue weighted by molar-refractivity contribution is -0.00704. The van der Waals surface area contributed by atoms with Crippen molar-refractivity contribution >= 4 is 0 Å². The molecule has 2 N–H and O–H groups in total. The fourth-order valence-corrected chi connectivity index (χ4v) is 5.33. The maximum absolute atomic E-state index is 6.31. The molecule has 21 heavy (non-hydrogen) atoms. The van der Waals surface area contributed by atoms with Crippen molar-refractivity contribution in [3.8, 4) is 0 Å². The Hall–Kier alpha value is -0.120. The predicted octanol–water partition coefficient (Wildman–Crippen LogP) is 2.95. The minimum absolute atomic E-state index is 0.211. The van der Waals surface area contributed by atoms with Crippen molar-refractivity contribution in [2.75, 3.05) is 33.2 Å². The molecular weight excluding hydrogens is 258 g/mol. The second kappa shape index (κ2) is 6.55. The van der Waals surface area contributed by atoms with Crippen LogP contribution in [-0.2, 0) is 0 Å². The van der Waals surface area contributed by atoms with Gasteiger partial charge in [0.1, 0.15) is 0 Å². The molecule has 0 aromatic heterocycles. The highest BCUT2D eigenvalue weighted by atomic mass is 15.3. The van der Waals surface area contributed by atoms with Gasteiger partial charge < -0.3 is 5.73 Å². The number of likely N-dealkylation sites (N-methyl/N-ethyl adjacent to an activating group) is 2.